The van der Waals surface area contributed by atoms with Gasteiger partial charge in [0.15, 0.2) is 0 Å². The molecule has 0 fully saturated rings. The molecular weight excluding hydrogens is 204 g/mol. The van der Waals surface area contributed by atoms with E-state index < -0.39 is 0 Å². The maximum absolute atomic E-state index is 5.71. The molecule has 2 heterocycles. The second-order valence-corrected chi connectivity index (χ2v) is 4.10. The highest BCUT2D eigenvalue weighted by Gasteiger charge is 2.23. The Morgan fingerprint density at radius 2 is 2.38 bits per heavy atom. The number of aromatic nitrogens is 2. The summed E-state index contributed by atoms with van der Waals surface area (Å²) in [6.45, 7) is 5.37. The van der Waals surface area contributed by atoms with Gasteiger partial charge in [-0.15, -0.1) is 0 Å². The van der Waals surface area contributed by atoms with Gasteiger partial charge in [0.1, 0.15) is 0 Å². The molecular formula is C11H18N4O. The van der Waals surface area contributed by atoms with Crippen LogP contribution in [0.25, 0.3) is 0 Å². The molecule has 88 valence electrons. The monoisotopic (exact) mass is 222 g/mol. The van der Waals surface area contributed by atoms with E-state index in [1.165, 1.54) is 0 Å². The summed E-state index contributed by atoms with van der Waals surface area (Å²) in [6.07, 6.45) is 3.00. The zero-order valence-corrected chi connectivity index (χ0v) is 9.73. The smallest absolute Gasteiger partial charge is 0.222 e. The Morgan fingerprint density at radius 1 is 1.56 bits per heavy atom. The van der Waals surface area contributed by atoms with E-state index in [-0.39, 0.29) is 12.2 Å². The summed E-state index contributed by atoms with van der Waals surface area (Å²) < 4.78 is 5.71. The first kappa shape index (κ1) is 11.3. The van der Waals surface area contributed by atoms with Crippen LogP contribution in [0.2, 0.25) is 0 Å². The maximum atomic E-state index is 5.71. The molecule has 0 aromatic carbocycles. The van der Waals surface area contributed by atoms with Gasteiger partial charge in [-0.05, 0) is 13.8 Å². The molecule has 5 nitrogen and oxygen atoms in total. The lowest BCUT2D eigenvalue weighted by Crippen LogP contribution is -2.24. The SMILES string of the molecule is CC1Cc2nc(NCCN)ncc2C(C)O1. The second kappa shape index (κ2) is 4.76. The summed E-state index contributed by atoms with van der Waals surface area (Å²) in [5.74, 6) is 0.658. The first-order chi connectivity index (χ1) is 7.70. The first-order valence-corrected chi connectivity index (χ1v) is 5.66. The quantitative estimate of drug-likeness (QED) is 0.794. The molecule has 0 aliphatic carbocycles. The van der Waals surface area contributed by atoms with Gasteiger partial charge in [0.25, 0.3) is 0 Å². The zero-order chi connectivity index (χ0) is 11.5. The Hall–Kier alpha value is -1.20. The fraction of sp³-hybridized carbons (Fsp3) is 0.636. The van der Waals surface area contributed by atoms with E-state index in [0.717, 1.165) is 17.7 Å². The average molecular weight is 222 g/mol. The third kappa shape index (κ3) is 2.31. The summed E-state index contributed by atoms with van der Waals surface area (Å²) in [4.78, 5) is 8.74. The first-order valence-electron chi connectivity index (χ1n) is 5.66. The lowest BCUT2D eigenvalue weighted by Gasteiger charge is -2.27. The van der Waals surface area contributed by atoms with Gasteiger partial charge in [0.2, 0.25) is 5.95 Å². The van der Waals surface area contributed by atoms with Crippen LogP contribution in [0.4, 0.5) is 5.95 Å². The van der Waals surface area contributed by atoms with E-state index in [2.05, 4.69) is 22.2 Å². The van der Waals surface area contributed by atoms with Crippen LogP contribution in [0.1, 0.15) is 31.2 Å². The van der Waals surface area contributed by atoms with E-state index in [1.807, 2.05) is 13.1 Å². The van der Waals surface area contributed by atoms with Crippen molar-refractivity contribution in [3.63, 3.8) is 0 Å². The van der Waals surface area contributed by atoms with Crippen molar-refractivity contribution in [1.29, 1.82) is 0 Å². The molecule has 2 unspecified atom stereocenters. The molecule has 0 saturated carbocycles. The van der Waals surface area contributed by atoms with Crippen LogP contribution in [-0.2, 0) is 11.2 Å². The summed E-state index contributed by atoms with van der Waals surface area (Å²) in [6, 6.07) is 0. The number of anilines is 1. The Morgan fingerprint density at radius 3 is 3.12 bits per heavy atom. The topological polar surface area (TPSA) is 73.1 Å². The number of nitrogens with two attached hydrogens (primary N) is 1. The molecule has 1 aliphatic rings. The Bertz CT molecular complexity index is 369. The fourth-order valence-electron chi connectivity index (χ4n) is 1.94. The van der Waals surface area contributed by atoms with E-state index in [9.17, 15) is 0 Å². The molecule has 1 aromatic rings. The number of hydrogen-bond acceptors (Lipinski definition) is 5. The van der Waals surface area contributed by atoms with Crippen LogP contribution in [0, 0.1) is 0 Å². The van der Waals surface area contributed by atoms with Gasteiger partial charge in [-0.2, -0.15) is 0 Å². The number of fused-ring (bicyclic) bond motifs is 1. The maximum Gasteiger partial charge on any atom is 0.222 e. The molecule has 2 atom stereocenters. The van der Waals surface area contributed by atoms with Gasteiger partial charge in [0, 0.05) is 31.3 Å². The molecule has 3 N–H and O–H groups in total. The largest absolute Gasteiger partial charge is 0.370 e. The van der Waals surface area contributed by atoms with Gasteiger partial charge in [-0.25, -0.2) is 9.97 Å². The molecule has 16 heavy (non-hydrogen) atoms. The lowest BCUT2D eigenvalue weighted by atomic mass is 10.0. The van der Waals surface area contributed by atoms with Gasteiger partial charge in [-0.1, -0.05) is 0 Å². The molecule has 1 aromatic heterocycles. The molecule has 5 heteroatoms. The molecule has 0 radical (unpaired) electrons. The Kier molecular flexibility index (Phi) is 3.36. The minimum atomic E-state index is 0.0855. The van der Waals surface area contributed by atoms with Crippen molar-refractivity contribution in [3.8, 4) is 0 Å². The van der Waals surface area contributed by atoms with Crippen molar-refractivity contribution >= 4 is 5.95 Å². The predicted octanol–water partition coefficient (Wildman–Crippen LogP) is 0.869. The number of nitrogens with one attached hydrogen (secondary N) is 1. The third-order valence-electron chi connectivity index (χ3n) is 2.68. The summed E-state index contributed by atoms with van der Waals surface area (Å²) in [5.41, 5.74) is 7.60. The van der Waals surface area contributed by atoms with Crippen molar-refractivity contribution in [2.45, 2.75) is 32.5 Å². The van der Waals surface area contributed by atoms with Crippen LogP contribution < -0.4 is 11.1 Å². The molecule has 0 spiro atoms. The standard InChI is InChI=1S/C11H18N4O/c1-7-5-10-9(8(2)16-7)6-14-11(15-10)13-4-3-12/h6-8H,3-5,12H2,1-2H3,(H,13,14,15). The van der Waals surface area contributed by atoms with Crippen molar-refractivity contribution in [1.82, 2.24) is 9.97 Å². The summed E-state index contributed by atoms with van der Waals surface area (Å²) in [5, 5.41) is 3.09. The zero-order valence-electron chi connectivity index (χ0n) is 9.73. The van der Waals surface area contributed by atoms with Crippen LogP contribution >= 0.6 is 0 Å². The van der Waals surface area contributed by atoms with Crippen molar-refractivity contribution in [2.24, 2.45) is 5.73 Å². The van der Waals surface area contributed by atoms with Crippen LogP contribution in [0.3, 0.4) is 0 Å². The Balaban J connectivity index is 2.20. The van der Waals surface area contributed by atoms with Crippen molar-refractivity contribution < 1.29 is 4.74 Å². The highest BCUT2D eigenvalue weighted by atomic mass is 16.5. The van der Waals surface area contributed by atoms with Crippen LogP contribution in [0.5, 0.6) is 0 Å². The third-order valence-corrected chi connectivity index (χ3v) is 2.68. The van der Waals surface area contributed by atoms with Crippen molar-refractivity contribution in [2.75, 3.05) is 18.4 Å². The second-order valence-electron chi connectivity index (χ2n) is 4.10. The van der Waals surface area contributed by atoms with E-state index in [1.54, 1.807) is 0 Å². The molecule has 0 amide bonds. The molecule has 1 aliphatic heterocycles. The minimum Gasteiger partial charge on any atom is -0.370 e. The van der Waals surface area contributed by atoms with Gasteiger partial charge in [-0.3, -0.25) is 0 Å². The van der Waals surface area contributed by atoms with Crippen LogP contribution in [-0.4, -0.2) is 29.2 Å². The van der Waals surface area contributed by atoms with Gasteiger partial charge < -0.3 is 15.8 Å². The van der Waals surface area contributed by atoms with E-state index >= 15 is 0 Å². The van der Waals surface area contributed by atoms with Gasteiger partial charge >= 0.3 is 0 Å². The van der Waals surface area contributed by atoms with E-state index in [0.29, 0.717) is 19.0 Å². The lowest BCUT2D eigenvalue weighted by molar-refractivity contribution is -0.00615. The van der Waals surface area contributed by atoms with Gasteiger partial charge in [0.05, 0.1) is 17.9 Å². The van der Waals surface area contributed by atoms with E-state index in [4.69, 9.17) is 10.5 Å². The summed E-state index contributed by atoms with van der Waals surface area (Å²) >= 11 is 0. The number of ether oxygens (including phenoxy) is 1. The molecule has 0 saturated heterocycles. The van der Waals surface area contributed by atoms with Crippen LogP contribution in [0.15, 0.2) is 6.20 Å². The summed E-state index contributed by atoms with van der Waals surface area (Å²) in [7, 11) is 0. The normalized spacial score (nSPS) is 23.9. The van der Waals surface area contributed by atoms with Crippen molar-refractivity contribution in [3.05, 3.63) is 17.5 Å². The molecule has 0 bridgehead atoms. The fourth-order valence-corrected chi connectivity index (χ4v) is 1.94. The highest BCUT2D eigenvalue weighted by molar-refractivity contribution is 5.32. The highest BCUT2D eigenvalue weighted by Crippen LogP contribution is 2.28. The minimum absolute atomic E-state index is 0.0855. The predicted molar refractivity (Wildman–Crippen MR) is 62.2 cm³/mol. The number of nitrogens with zero attached hydrogens (tertiary/aromatic N) is 2. The number of rotatable bonds is 3. The molecule has 2 rings (SSSR count). The Labute approximate surface area is 95.4 Å². The average Bonchev–Trinajstić information content (AvgIpc) is 2.25. The number of hydrogen-bond donors (Lipinski definition) is 2.